The van der Waals surface area contributed by atoms with Gasteiger partial charge < -0.3 is 9.53 Å². The van der Waals surface area contributed by atoms with Crippen LogP contribution in [0.25, 0.3) is 0 Å². The molecule has 48 valence electrons. The maximum absolute atomic E-state index is 9.93. The molecular weight excluding hydrogens is 167 g/mol. The normalized spacial score (nSPS) is 26.8. The molecule has 2 nitrogen and oxygen atoms in total. The quantitative estimate of drug-likeness (QED) is 0.381. The van der Waals surface area contributed by atoms with E-state index in [0.717, 1.165) is 19.3 Å². The van der Waals surface area contributed by atoms with E-state index in [1.807, 2.05) is 0 Å². The number of rotatable bonds is 1. The van der Waals surface area contributed by atoms with Crippen molar-refractivity contribution in [2.75, 3.05) is 13.2 Å². The number of carbonyl (C=O) groups is 1. The van der Waals surface area contributed by atoms with Gasteiger partial charge in [-0.05, 0) is 6.42 Å². The maximum atomic E-state index is 9.93. The van der Waals surface area contributed by atoms with Crippen LogP contribution in [0, 0.1) is 5.92 Å². The van der Waals surface area contributed by atoms with Crippen LogP contribution in [0.1, 0.15) is 6.42 Å². The van der Waals surface area contributed by atoms with E-state index >= 15 is 0 Å². The van der Waals surface area contributed by atoms with Crippen LogP contribution < -0.4 is 0 Å². The summed E-state index contributed by atoms with van der Waals surface area (Å²) in [5.41, 5.74) is 0. The molecule has 1 aliphatic rings. The molecule has 0 amide bonds. The Hall–Kier alpha value is 0.188. The van der Waals surface area contributed by atoms with Crippen LogP contribution in [0.4, 0.5) is 0 Å². The molecule has 8 heavy (non-hydrogen) atoms. The molecule has 0 saturated carbocycles. The van der Waals surface area contributed by atoms with Crippen molar-refractivity contribution in [1.29, 1.82) is 0 Å². The van der Waals surface area contributed by atoms with E-state index in [0.29, 0.717) is 6.61 Å². The van der Waals surface area contributed by atoms with Crippen molar-refractivity contribution in [1.82, 2.24) is 0 Å². The van der Waals surface area contributed by atoms with E-state index in [2.05, 4.69) is 0 Å². The van der Waals surface area contributed by atoms with Crippen molar-refractivity contribution in [2.45, 2.75) is 6.42 Å². The first-order valence-corrected chi connectivity index (χ1v) is 2.46. The molecule has 0 radical (unpaired) electrons. The standard InChI is InChI=1S/C5H8O2.AsH3/c6-3-5-1-2-7-4-5;/h3,5H,1-2,4H2;1H3. The van der Waals surface area contributed by atoms with Gasteiger partial charge in [-0.2, -0.15) is 0 Å². The molecule has 0 aromatic rings. The van der Waals surface area contributed by atoms with Gasteiger partial charge in [0.25, 0.3) is 0 Å². The predicted octanol–water partition coefficient (Wildman–Crippen LogP) is -0.962. The van der Waals surface area contributed by atoms with Crippen LogP contribution in [0.5, 0.6) is 0 Å². The third-order valence-corrected chi connectivity index (χ3v) is 1.16. The van der Waals surface area contributed by atoms with E-state index in [1.165, 1.54) is 0 Å². The van der Waals surface area contributed by atoms with E-state index in [9.17, 15) is 4.79 Å². The van der Waals surface area contributed by atoms with E-state index in [4.69, 9.17) is 4.74 Å². The Bertz CT molecular complexity index is 68.8. The van der Waals surface area contributed by atoms with Crippen molar-refractivity contribution in [2.24, 2.45) is 5.92 Å². The third kappa shape index (κ3) is 1.97. The Morgan fingerprint density at radius 1 is 1.62 bits per heavy atom. The van der Waals surface area contributed by atoms with Crippen molar-refractivity contribution in [3.63, 3.8) is 0 Å². The molecule has 1 rings (SSSR count). The summed E-state index contributed by atoms with van der Waals surface area (Å²) in [6.07, 6.45) is 1.89. The molecule has 0 N–H and O–H groups in total. The van der Waals surface area contributed by atoms with Crippen LogP contribution >= 0.6 is 0 Å². The van der Waals surface area contributed by atoms with Gasteiger partial charge >= 0.3 is 18.0 Å². The average molecular weight is 178 g/mol. The van der Waals surface area contributed by atoms with E-state index < -0.39 is 0 Å². The summed E-state index contributed by atoms with van der Waals surface area (Å²) in [5, 5.41) is 0. The summed E-state index contributed by atoms with van der Waals surface area (Å²) in [6, 6.07) is 0. The summed E-state index contributed by atoms with van der Waals surface area (Å²) >= 11 is 0. The fourth-order valence-corrected chi connectivity index (χ4v) is 0.660. The Balaban J connectivity index is 0.000000490. The number of ether oxygens (including phenoxy) is 1. The van der Waals surface area contributed by atoms with Crippen LogP contribution in [0.15, 0.2) is 0 Å². The van der Waals surface area contributed by atoms with Crippen molar-refractivity contribution in [3.05, 3.63) is 0 Å². The molecule has 0 aromatic carbocycles. The SMILES string of the molecule is O=CC1CCOC1.[AsH3]. The van der Waals surface area contributed by atoms with Gasteiger partial charge in [0.15, 0.2) is 0 Å². The minimum absolute atomic E-state index is 0. The monoisotopic (exact) mass is 178 g/mol. The van der Waals surface area contributed by atoms with E-state index in [1.54, 1.807) is 0 Å². The number of aldehydes is 1. The number of carbonyl (C=O) groups excluding carboxylic acids is 1. The molecule has 1 aliphatic heterocycles. The first-order chi connectivity index (χ1) is 3.43. The summed E-state index contributed by atoms with van der Waals surface area (Å²) in [4.78, 5) is 9.93. The zero-order chi connectivity index (χ0) is 5.11. The third-order valence-electron chi connectivity index (χ3n) is 1.16. The molecule has 0 spiro atoms. The van der Waals surface area contributed by atoms with Crippen LogP contribution in [-0.4, -0.2) is 37.5 Å². The molecule has 1 saturated heterocycles. The van der Waals surface area contributed by atoms with Gasteiger partial charge in [0.2, 0.25) is 0 Å². The summed E-state index contributed by atoms with van der Waals surface area (Å²) in [7, 11) is 0. The molecular formula is C5H11AsO2. The van der Waals surface area contributed by atoms with Crippen molar-refractivity contribution < 1.29 is 9.53 Å². The Kier molecular flexibility index (Phi) is 4.20. The van der Waals surface area contributed by atoms with Crippen molar-refractivity contribution in [3.8, 4) is 0 Å². The molecule has 1 fully saturated rings. The summed E-state index contributed by atoms with van der Waals surface area (Å²) in [5.74, 6) is 0.194. The molecule has 2 atom stereocenters. The Morgan fingerprint density at radius 2 is 2.38 bits per heavy atom. The van der Waals surface area contributed by atoms with Crippen molar-refractivity contribution >= 4 is 24.2 Å². The Morgan fingerprint density at radius 3 is 2.62 bits per heavy atom. The molecule has 0 aromatic heterocycles. The van der Waals surface area contributed by atoms with E-state index in [-0.39, 0.29) is 23.9 Å². The zero-order valence-corrected chi connectivity index (χ0v) is 7.77. The molecule has 3 heteroatoms. The summed E-state index contributed by atoms with van der Waals surface area (Å²) in [6.45, 7) is 1.41. The second kappa shape index (κ2) is 4.11. The summed E-state index contributed by atoms with van der Waals surface area (Å²) < 4.78 is 4.92. The number of hydrogen-bond donors (Lipinski definition) is 0. The first kappa shape index (κ1) is 8.19. The second-order valence-electron chi connectivity index (χ2n) is 1.76. The number of hydrogen-bond acceptors (Lipinski definition) is 2. The van der Waals surface area contributed by atoms with Gasteiger partial charge in [0.1, 0.15) is 6.29 Å². The molecule has 1 heterocycles. The van der Waals surface area contributed by atoms with Gasteiger partial charge in [-0.25, -0.2) is 0 Å². The van der Waals surface area contributed by atoms with Gasteiger partial charge in [-0.1, -0.05) is 0 Å². The first-order valence-electron chi connectivity index (χ1n) is 2.46. The molecule has 0 bridgehead atoms. The van der Waals surface area contributed by atoms with Gasteiger partial charge in [-0.15, -0.1) is 0 Å². The van der Waals surface area contributed by atoms with Crippen LogP contribution in [0.2, 0.25) is 0 Å². The topological polar surface area (TPSA) is 26.3 Å². The van der Waals surface area contributed by atoms with Gasteiger partial charge in [0.05, 0.1) is 6.61 Å². The zero-order valence-electron chi connectivity index (χ0n) is 4.80. The second-order valence-corrected chi connectivity index (χ2v) is 1.76. The van der Waals surface area contributed by atoms with Crippen LogP contribution in [0.3, 0.4) is 0 Å². The Labute approximate surface area is 59.9 Å². The minimum atomic E-state index is 0. The van der Waals surface area contributed by atoms with Gasteiger partial charge in [0, 0.05) is 12.5 Å². The molecule has 0 aliphatic carbocycles. The van der Waals surface area contributed by atoms with Gasteiger partial charge in [-0.3, -0.25) is 0 Å². The average Bonchev–Trinajstić information content (AvgIpc) is 2.14. The van der Waals surface area contributed by atoms with Crippen LogP contribution in [-0.2, 0) is 9.53 Å². The molecule has 2 unspecified atom stereocenters. The fourth-order valence-electron chi connectivity index (χ4n) is 0.660. The fraction of sp³-hybridized carbons (Fsp3) is 0.800. The predicted molar refractivity (Wildman–Crippen MR) is 34.9 cm³/mol.